The smallest absolute Gasteiger partial charge is 0.224 e. The second-order valence-corrected chi connectivity index (χ2v) is 6.43. The van der Waals surface area contributed by atoms with Gasteiger partial charge in [-0.2, -0.15) is 0 Å². The summed E-state index contributed by atoms with van der Waals surface area (Å²) in [6, 6.07) is 3.63. The first-order valence-electron chi connectivity index (χ1n) is 7.57. The van der Waals surface area contributed by atoms with Gasteiger partial charge >= 0.3 is 0 Å². The number of carbonyl (C=O) groups excluding carboxylic acids is 2. The van der Waals surface area contributed by atoms with Crippen molar-refractivity contribution in [2.24, 2.45) is 5.92 Å². The lowest BCUT2D eigenvalue weighted by atomic mass is 9.71. The summed E-state index contributed by atoms with van der Waals surface area (Å²) < 4.78 is 18.6. The minimum atomic E-state index is -0.435. The van der Waals surface area contributed by atoms with Gasteiger partial charge in [-0.15, -0.1) is 0 Å². The molecule has 0 aromatic heterocycles. The quantitative estimate of drug-likeness (QED) is 0.871. The number of amides is 2. The van der Waals surface area contributed by atoms with Gasteiger partial charge in [-0.25, -0.2) is 4.39 Å². The van der Waals surface area contributed by atoms with Crippen LogP contribution >= 0.6 is 11.6 Å². The summed E-state index contributed by atoms with van der Waals surface area (Å²) in [4.78, 5) is 23.6. The molecule has 2 fully saturated rings. The molecule has 1 aliphatic heterocycles. The number of fused-ring (bicyclic) bond motifs is 1. The molecule has 0 unspecified atom stereocenters. The second-order valence-electron chi connectivity index (χ2n) is 6.02. The van der Waals surface area contributed by atoms with E-state index in [2.05, 4.69) is 10.6 Å². The lowest BCUT2D eigenvalue weighted by molar-refractivity contribution is -0.129. The van der Waals surface area contributed by atoms with E-state index >= 15 is 0 Å². The topological polar surface area (TPSA) is 67.4 Å². The summed E-state index contributed by atoms with van der Waals surface area (Å²) in [6.45, 7) is 2.08. The predicted octanol–water partition coefficient (Wildman–Crippen LogP) is 1.43. The van der Waals surface area contributed by atoms with E-state index < -0.39 is 5.82 Å². The van der Waals surface area contributed by atoms with Crippen molar-refractivity contribution in [3.63, 3.8) is 0 Å². The number of ether oxygens (including phenoxy) is 1. The average molecular weight is 341 g/mol. The highest BCUT2D eigenvalue weighted by molar-refractivity contribution is 6.31. The SMILES string of the molecule is CC(=O)N[C@@H]1[C@@H](NC(=O)Cc2ccc(F)cc2Cl)[C@H]2CCO[C@H]21. The van der Waals surface area contributed by atoms with Gasteiger partial charge in [0.05, 0.1) is 24.6 Å². The molecule has 0 bridgehead atoms. The molecule has 4 atom stereocenters. The van der Waals surface area contributed by atoms with E-state index in [0.29, 0.717) is 12.2 Å². The van der Waals surface area contributed by atoms with Crippen LogP contribution in [0.3, 0.4) is 0 Å². The lowest BCUT2D eigenvalue weighted by Crippen LogP contribution is -2.70. The van der Waals surface area contributed by atoms with Gasteiger partial charge in [-0.1, -0.05) is 17.7 Å². The van der Waals surface area contributed by atoms with E-state index in [-0.39, 0.29) is 47.4 Å². The molecule has 1 aliphatic carbocycles. The zero-order valence-corrected chi connectivity index (χ0v) is 13.4. The average Bonchev–Trinajstić information content (AvgIpc) is 2.90. The highest BCUT2D eigenvalue weighted by atomic mass is 35.5. The third-order valence-corrected chi connectivity index (χ3v) is 4.80. The van der Waals surface area contributed by atoms with Crippen LogP contribution in [0.15, 0.2) is 18.2 Å². The number of carbonyl (C=O) groups is 2. The summed E-state index contributed by atoms with van der Waals surface area (Å²) in [5.41, 5.74) is 0.570. The maximum atomic E-state index is 13.0. The molecule has 2 amide bonds. The van der Waals surface area contributed by atoms with Crippen molar-refractivity contribution < 1.29 is 18.7 Å². The van der Waals surface area contributed by atoms with Gasteiger partial charge in [-0.3, -0.25) is 9.59 Å². The Bertz CT molecular complexity index is 640. The van der Waals surface area contributed by atoms with Gasteiger partial charge < -0.3 is 15.4 Å². The van der Waals surface area contributed by atoms with Crippen molar-refractivity contribution in [1.29, 1.82) is 0 Å². The van der Waals surface area contributed by atoms with Gasteiger partial charge in [-0.05, 0) is 24.1 Å². The number of hydrogen-bond acceptors (Lipinski definition) is 3. The fourth-order valence-electron chi connectivity index (χ4n) is 3.39. The van der Waals surface area contributed by atoms with Crippen LogP contribution in [-0.4, -0.2) is 36.6 Å². The molecule has 23 heavy (non-hydrogen) atoms. The van der Waals surface area contributed by atoms with Gasteiger partial charge in [0, 0.05) is 24.5 Å². The molecule has 2 N–H and O–H groups in total. The van der Waals surface area contributed by atoms with Gasteiger partial charge in [0.2, 0.25) is 11.8 Å². The first-order valence-corrected chi connectivity index (χ1v) is 7.95. The van der Waals surface area contributed by atoms with Crippen LogP contribution in [0, 0.1) is 11.7 Å². The Morgan fingerprint density at radius 3 is 2.83 bits per heavy atom. The van der Waals surface area contributed by atoms with Crippen LogP contribution < -0.4 is 10.6 Å². The minimum absolute atomic E-state index is 0.0291. The normalized spacial score (nSPS) is 28.7. The Kier molecular flexibility index (Phi) is 4.55. The summed E-state index contributed by atoms with van der Waals surface area (Å²) in [5.74, 6) is -0.566. The Morgan fingerprint density at radius 2 is 2.13 bits per heavy atom. The molecule has 1 saturated carbocycles. The molecule has 0 spiro atoms. The fourth-order valence-corrected chi connectivity index (χ4v) is 3.62. The number of rotatable bonds is 4. The third-order valence-electron chi connectivity index (χ3n) is 4.45. The maximum absolute atomic E-state index is 13.0. The van der Waals surface area contributed by atoms with Crippen LogP contribution in [0.1, 0.15) is 18.9 Å². The Labute approximate surface area is 138 Å². The molecule has 0 radical (unpaired) electrons. The number of nitrogens with one attached hydrogen (secondary N) is 2. The van der Waals surface area contributed by atoms with Gasteiger partial charge in [0.15, 0.2) is 0 Å². The number of benzene rings is 1. The maximum Gasteiger partial charge on any atom is 0.224 e. The molecule has 124 valence electrons. The Balaban J connectivity index is 1.63. The molecule has 5 nitrogen and oxygen atoms in total. The van der Waals surface area contributed by atoms with Crippen molar-refractivity contribution >= 4 is 23.4 Å². The minimum Gasteiger partial charge on any atom is -0.376 e. The van der Waals surface area contributed by atoms with Crippen molar-refractivity contribution in [2.45, 2.75) is 38.0 Å². The largest absolute Gasteiger partial charge is 0.376 e. The highest BCUT2D eigenvalue weighted by Crippen LogP contribution is 2.39. The molecular formula is C16H18ClFN2O3. The van der Waals surface area contributed by atoms with Crippen LogP contribution in [0.2, 0.25) is 5.02 Å². The fraction of sp³-hybridized carbons (Fsp3) is 0.500. The summed E-state index contributed by atoms with van der Waals surface area (Å²) in [6.07, 6.45) is 0.905. The molecular weight excluding hydrogens is 323 g/mol. The van der Waals surface area contributed by atoms with E-state index in [9.17, 15) is 14.0 Å². The number of halogens is 2. The van der Waals surface area contributed by atoms with E-state index in [1.54, 1.807) is 0 Å². The van der Waals surface area contributed by atoms with Crippen LogP contribution in [0.25, 0.3) is 0 Å². The zero-order chi connectivity index (χ0) is 16.6. The molecule has 7 heteroatoms. The molecule has 2 aliphatic rings. The van der Waals surface area contributed by atoms with Gasteiger partial charge in [0.25, 0.3) is 0 Å². The van der Waals surface area contributed by atoms with E-state index in [1.807, 2.05) is 0 Å². The van der Waals surface area contributed by atoms with Crippen molar-refractivity contribution in [1.82, 2.24) is 10.6 Å². The van der Waals surface area contributed by atoms with E-state index in [1.165, 1.54) is 25.1 Å². The second kappa shape index (κ2) is 6.45. The number of hydrogen-bond donors (Lipinski definition) is 2. The van der Waals surface area contributed by atoms with Crippen molar-refractivity contribution in [2.75, 3.05) is 6.61 Å². The standard InChI is InChI=1S/C16H18ClFN2O3/c1-8(21)19-15-14(11-4-5-23-16(11)15)20-13(22)6-9-2-3-10(18)7-12(9)17/h2-3,7,11,14-16H,4-6H2,1H3,(H,19,21)(H,20,22)/t11-,14+,15-,16-/m1/s1. The van der Waals surface area contributed by atoms with E-state index in [0.717, 1.165) is 6.42 Å². The molecule has 1 aromatic carbocycles. The zero-order valence-electron chi connectivity index (χ0n) is 12.6. The predicted molar refractivity (Wildman–Crippen MR) is 82.5 cm³/mol. The van der Waals surface area contributed by atoms with Crippen molar-refractivity contribution in [3.8, 4) is 0 Å². The molecule has 1 saturated heterocycles. The first-order chi connectivity index (χ1) is 11.0. The summed E-state index contributed by atoms with van der Waals surface area (Å²) in [5, 5.41) is 6.01. The third kappa shape index (κ3) is 3.33. The van der Waals surface area contributed by atoms with Crippen LogP contribution in [-0.2, 0) is 20.7 Å². The van der Waals surface area contributed by atoms with E-state index in [4.69, 9.17) is 16.3 Å². The molecule has 1 heterocycles. The first kappa shape index (κ1) is 16.2. The van der Waals surface area contributed by atoms with Crippen molar-refractivity contribution in [3.05, 3.63) is 34.6 Å². The lowest BCUT2D eigenvalue weighted by Gasteiger charge is -2.47. The molecule has 3 rings (SSSR count). The summed E-state index contributed by atoms with van der Waals surface area (Å²) in [7, 11) is 0. The Hall–Kier alpha value is -1.66. The van der Waals surface area contributed by atoms with Crippen LogP contribution in [0.5, 0.6) is 0 Å². The summed E-state index contributed by atoms with van der Waals surface area (Å²) >= 11 is 5.95. The monoisotopic (exact) mass is 340 g/mol. The molecule has 1 aromatic rings. The van der Waals surface area contributed by atoms with Gasteiger partial charge in [0.1, 0.15) is 5.82 Å². The Morgan fingerprint density at radius 1 is 1.35 bits per heavy atom. The highest BCUT2D eigenvalue weighted by Gasteiger charge is 2.54. The van der Waals surface area contributed by atoms with Crippen LogP contribution in [0.4, 0.5) is 4.39 Å².